The number of benzene rings is 1. The number of hydrogen-bond donors (Lipinski definition) is 0. The molecule has 0 spiro atoms. The summed E-state index contributed by atoms with van der Waals surface area (Å²) in [5.41, 5.74) is 0.355. The van der Waals surface area contributed by atoms with E-state index in [0.717, 1.165) is 5.56 Å². The lowest BCUT2D eigenvalue weighted by Gasteiger charge is -2.31. The molecule has 6 nitrogen and oxygen atoms in total. The number of sulfonamides is 1. The number of ether oxygens (including phenoxy) is 2. The van der Waals surface area contributed by atoms with Crippen molar-refractivity contribution in [3.63, 3.8) is 0 Å². The molecule has 1 aromatic rings. The van der Waals surface area contributed by atoms with E-state index in [0.29, 0.717) is 0 Å². The van der Waals surface area contributed by atoms with E-state index in [9.17, 15) is 13.2 Å². The molecule has 0 saturated carbocycles. The third kappa shape index (κ3) is 3.39. The normalized spacial score (nSPS) is 29.6. The molecule has 1 aliphatic heterocycles. The van der Waals surface area contributed by atoms with Crippen molar-refractivity contribution in [1.29, 1.82) is 0 Å². The SMILES string of the molecule is CO/C(=N/S(=O)(=O)c1ccc(C)cc1)[C@H]1CO[C@]2(C)C=CC(=O)C[C@H]12. The van der Waals surface area contributed by atoms with Gasteiger partial charge in [-0.15, -0.1) is 4.40 Å². The minimum Gasteiger partial charge on any atom is -0.483 e. The Morgan fingerprint density at radius 2 is 2.00 bits per heavy atom. The number of nitrogens with zero attached hydrogens (tertiary/aromatic N) is 1. The number of aryl methyl sites for hydroxylation is 1. The second kappa shape index (κ2) is 6.38. The first kappa shape index (κ1) is 17.8. The van der Waals surface area contributed by atoms with Gasteiger partial charge in [0.25, 0.3) is 10.0 Å². The van der Waals surface area contributed by atoms with Crippen LogP contribution >= 0.6 is 0 Å². The summed E-state index contributed by atoms with van der Waals surface area (Å²) in [6.45, 7) is 4.03. The van der Waals surface area contributed by atoms with Crippen molar-refractivity contribution in [3.05, 3.63) is 42.0 Å². The molecular weight excluding hydrogens is 342 g/mol. The van der Waals surface area contributed by atoms with Crippen molar-refractivity contribution in [3.8, 4) is 0 Å². The molecule has 25 heavy (non-hydrogen) atoms. The van der Waals surface area contributed by atoms with Gasteiger partial charge in [-0.3, -0.25) is 4.79 Å². The van der Waals surface area contributed by atoms with Crippen LogP contribution in [0.3, 0.4) is 0 Å². The Labute approximate surface area is 147 Å². The molecule has 0 radical (unpaired) electrons. The van der Waals surface area contributed by atoms with Crippen molar-refractivity contribution in [2.75, 3.05) is 13.7 Å². The van der Waals surface area contributed by atoms with Crippen molar-refractivity contribution in [2.24, 2.45) is 16.2 Å². The molecule has 3 atom stereocenters. The van der Waals surface area contributed by atoms with E-state index in [-0.39, 0.29) is 41.4 Å². The first-order chi connectivity index (χ1) is 11.7. The Balaban J connectivity index is 1.94. The minimum absolute atomic E-state index is 0.00480. The molecule has 0 N–H and O–H groups in total. The molecule has 7 heteroatoms. The number of ketones is 1. The van der Waals surface area contributed by atoms with Crippen molar-refractivity contribution in [1.82, 2.24) is 0 Å². The lowest BCUT2D eigenvalue weighted by Crippen LogP contribution is -2.38. The molecule has 1 aromatic carbocycles. The van der Waals surface area contributed by atoms with Crippen LogP contribution < -0.4 is 0 Å². The highest BCUT2D eigenvalue weighted by atomic mass is 32.2. The summed E-state index contributed by atoms with van der Waals surface area (Å²) in [7, 11) is -2.50. The van der Waals surface area contributed by atoms with Gasteiger partial charge in [-0.2, -0.15) is 8.42 Å². The fourth-order valence-electron chi connectivity index (χ4n) is 3.33. The average molecular weight is 363 g/mol. The predicted octanol–water partition coefficient (Wildman–Crippen LogP) is 2.28. The molecule has 1 heterocycles. The van der Waals surface area contributed by atoms with Crippen LogP contribution in [0.1, 0.15) is 18.9 Å². The number of methoxy groups -OCH3 is 1. The zero-order chi connectivity index (χ0) is 18.2. The minimum atomic E-state index is -3.89. The Hall–Kier alpha value is -1.99. The fraction of sp³-hybridized carbons (Fsp3) is 0.444. The second-order valence-electron chi connectivity index (χ2n) is 6.63. The highest BCUT2D eigenvalue weighted by Gasteiger charge is 2.50. The van der Waals surface area contributed by atoms with E-state index in [1.165, 1.54) is 25.3 Å². The van der Waals surface area contributed by atoms with Crippen LogP contribution in [0.25, 0.3) is 0 Å². The van der Waals surface area contributed by atoms with Gasteiger partial charge in [0.15, 0.2) is 5.78 Å². The van der Waals surface area contributed by atoms with E-state index in [2.05, 4.69) is 4.40 Å². The first-order valence-corrected chi connectivity index (χ1v) is 9.51. The quantitative estimate of drug-likeness (QED) is 0.608. The van der Waals surface area contributed by atoms with E-state index in [1.807, 2.05) is 13.8 Å². The van der Waals surface area contributed by atoms with Crippen LogP contribution in [-0.2, 0) is 24.3 Å². The molecule has 1 fully saturated rings. The summed E-state index contributed by atoms with van der Waals surface area (Å²) >= 11 is 0. The Morgan fingerprint density at radius 1 is 1.32 bits per heavy atom. The highest BCUT2D eigenvalue weighted by Crippen LogP contribution is 2.43. The van der Waals surface area contributed by atoms with Gasteiger partial charge in [0.05, 0.1) is 30.1 Å². The zero-order valence-electron chi connectivity index (χ0n) is 14.4. The molecule has 134 valence electrons. The molecule has 0 amide bonds. The van der Waals surface area contributed by atoms with Gasteiger partial charge >= 0.3 is 0 Å². The maximum Gasteiger partial charge on any atom is 0.285 e. The van der Waals surface area contributed by atoms with Crippen LogP contribution in [0, 0.1) is 18.8 Å². The van der Waals surface area contributed by atoms with Gasteiger partial charge in [-0.1, -0.05) is 17.7 Å². The smallest absolute Gasteiger partial charge is 0.285 e. The van der Waals surface area contributed by atoms with Gasteiger partial charge in [0.1, 0.15) is 0 Å². The molecule has 0 unspecified atom stereocenters. The molecule has 3 rings (SSSR count). The summed E-state index contributed by atoms with van der Waals surface area (Å²) in [6.07, 6.45) is 3.54. The summed E-state index contributed by atoms with van der Waals surface area (Å²) < 4.78 is 40.2. The van der Waals surface area contributed by atoms with E-state index >= 15 is 0 Å². The van der Waals surface area contributed by atoms with Gasteiger partial charge in [-0.05, 0) is 38.1 Å². The summed E-state index contributed by atoms with van der Waals surface area (Å²) in [5, 5.41) is 0. The Kier molecular flexibility index (Phi) is 4.55. The van der Waals surface area contributed by atoms with Crippen LogP contribution in [-0.4, -0.2) is 39.4 Å². The number of hydrogen-bond acceptors (Lipinski definition) is 5. The van der Waals surface area contributed by atoms with Gasteiger partial charge < -0.3 is 9.47 Å². The molecular formula is C18H21NO5S. The molecule has 0 bridgehead atoms. The van der Waals surface area contributed by atoms with Crippen LogP contribution in [0.5, 0.6) is 0 Å². The van der Waals surface area contributed by atoms with E-state index in [4.69, 9.17) is 9.47 Å². The Morgan fingerprint density at radius 3 is 2.64 bits per heavy atom. The van der Waals surface area contributed by atoms with Gasteiger partial charge in [-0.25, -0.2) is 0 Å². The summed E-state index contributed by atoms with van der Waals surface area (Å²) in [6, 6.07) is 6.47. The van der Waals surface area contributed by atoms with Gasteiger partial charge in [0.2, 0.25) is 5.90 Å². The van der Waals surface area contributed by atoms with E-state index < -0.39 is 15.6 Å². The average Bonchev–Trinajstić information content (AvgIpc) is 2.90. The monoisotopic (exact) mass is 363 g/mol. The lowest BCUT2D eigenvalue weighted by atomic mass is 9.75. The summed E-state index contributed by atoms with van der Waals surface area (Å²) in [5.74, 6) is -0.506. The fourth-order valence-corrected chi connectivity index (χ4v) is 4.37. The summed E-state index contributed by atoms with van der Waals surface area (Å²) in [4.78, 5) is 11.9. The second-order valence-corrected chi connectivity index (χ2v) is 8.24. The van der Waals surface area contributed by atoms with Gasteiger partial charge in [0, 0.05) is 12.3 Å². The van der Waals surface area contributed by atoms with Crippen LogP contribution in [0.4, 0.5) is 0 Å². The van der Waals surface area contributed by atoms with Crippen molar-refractivity contribution < 1.29 is 22.7 Å². The topological polar surface area (TPSA) is 82.0 Å². The Bertz CT molecular complexity index is 841. The van der Waals surface area contributed by atoms with Crippen molar-refractivity contribution in [2.45, 2.75) is 30.8 Å². The standard InChI is InChI=1S/C18H21NO5S/c1-12-4-6-14(7-5-12)25(21,22)19-17(23-3)15-11-24-18(2)9-8-13(20)10-16(15)18/h4-9,15-16H,10-11H2,1-3H3/b19-17+/t15-,16+,18+/m0/s1. The number of rotatable bonds is 3. The van der Waals surface area contributed by atoms with Crippen molar-refractivity contribution >= 4 is 21.7 Å². The van der Waals surface area contributed by atoms with Crippen LogP contribution in [0.15, 0.2) is 45.7 Å². The molecule has 1 aliphatic carbocycles. The predicted molar refractivity (Wildman–Crippen MR) is 92.9 cm³/mol. The largest absolute Gasteiger partial charge is 0.483 e. The first-order valence-electron chi connectivity index (χ1n) is 8.07. The maximum atomic E-state index is 12.6. The molecule has 2 aliphatic rings. The highest BCUT2D eigenvalue weighted by molar-refractivity contribution is 7.90. The molecule has 1 saturated heterocycles. The number of fused-ring (bicyclic) bond motifs is 1. The third-order valence-corrected chi connectivity index (χ3v) is 6.16. The zero-order valence-corrected chi connectivity index (χ0v) is 15.2. The van der Waals surface area contributed by atoms with Crippen LogP contribution in [0.2, 0.25) is 0 Å². The number of carbonyl (C=O) groups is 1. The lowest BCUT2D eigenvalue weighted by molar-refractivity contribution is -0.117. The number of allylic oxidation sites excluding steroid dienone is 1. The third-order valence-electron chi connectivity index (χ3n) is 4.87. The van der Waals surface area contributed by atoms with E-state index in [1.54, 1.807) is 18.2 Å². The molecule has 0 aromatic heterocycles. The maximum absolute atomic E-state index is 12.6. The number of carbonyl (C=O) groups excluding carboxylic acids is 1.